The van der Waals surface area contributed by atoms with E-state index in [0.717, 1.165) is 5.56 Å². The van der Waals surface area contributed by atoms with E-state index < -0.39 is 23.6 Å². The minimum absolute atomic E-state index is 0.153. The Bertz CT molecular complexity index is 546. The molecule has 3 rings (SSSR count). The summed E-state index contributed by atoms with van der Waals surface area (Å²) in [6.45, 7) is 1.05. The van der Waals surface area contributed by atoms with E-state index in [0.29, 0.717) is 13.0 Å². The number of benzene rings is 1. The summed E-state index contributed by atoms with van der Waals surface area (Å²) in [4.78, 5) is 25.0. The molecule has 0 aliphatic carbocycles. The Balaban J connectivity index is 1.61. The summed E-state index contributed by atoms with van der Waals surface area (Å²) in [7, 11) is 0. The molecule has 6 nitrogen and oxygen atoms in total. The molecule has 2 aliphatic rings. The maximum Gasteiger partial charge on any atom is 0.410 e. The number of amides is 1. The zero-order valence-corrected chi connectivity index (χ0v) is 11.5. The highest BCUT2D eigenvalue weighted by atomic mass is 16.6. The largest absolute Gasteiger partial charge is 0.481 e. The molecule has 1 amide bonds. The topological polar surface area (TPSA) is 76.1 Å². The minimum atomic E-state index is -0.967. The fraction of sp³-hybridized carbons (Fsp3) is 0.467. The minimum Gasteiger partial charge on any atom is -0.481 e. The van der Waals surface area contributed by atoms with Crippen molar-refractivity contribution in [3.05, 3.63) is 35.9 Å². The van der Waals surface area contributed by atoms with Gasteiger partial charge in [-0.1, -0.05) is 30.3 Å². The SMILES string of the molecule is O=C(OCc1ccccc1)N1CC2OCCC2(C(=O)O)C1. The fourth-order valence-electron chi connectivity index (χ4n) is 2.98. The van der Waals surface area contributed by atoms with Gasteiger partial charge in [-0.15, -0.1) is 0 Å². The molecule has 0 bridgehead atoms. The Labute approximate surface area is 122 Å². The number of carbonyl (C=O) groups excluding carboxylic acids is 1. The third kappa shape index (κ3) is 2.47. The summed E-state index contributed by atoms with van der Waals surface area (Å²) in [5.41, 5.74) is -0.0689. The average Bonchev–Trinajstić information content (AvgIpc) is 3.03. The van der Waals surface area contributed by atoms with Crippen molar-refractivity contribution in [2.24, 2.45) is 5.41 Å². The number of likely N-dealkylation sites (tertiary alicyclic amines) is 1. The summed E-state index contributed by atoms with van der Waals surface area (Å²) in [5.74, 6) is -0.900. The van der Waals surface area contributed by atoms with Crippen LogP contribution in [0.2, 0.25) is 0 Å². The molecular formula is C15H17NO5. The zero-order valence-electron chi connectivity index (χ0n) is 11.5. The highest BCUT2D eigenvalue weighted by molar-refractivity contribution is 5.79. The molecule has 0 spiro atoms. The first kappa shape index (κ1) is 13.9. The number of ether oxygens (including phenoxy) is 2. The molecule has 21 heavy (non-hydrogen) atoms. The second-order valence-corrected chi connectivity index (χ2v) is 5.49. The van der Waals surface area contributed by atoms with Crippen molar-refractivity contribution in [1.29, 1.82) is 0 Å². The lowest BCUT2D eigenvalue weighted by Crippen LogP contribution is -2.39. The number of carboxylic acids is 1. The van der Waals surface area contributed by atoms with Crippen LogP contribution in [0.4, 0.5) is 4.79 Å². The first-order chi connectivity index (χ1) is 10.1. The van der Waals surface area contributed by atoms with Gasteiger partial charge in [0.05, 0.1) is 12.6 Å². The van der Waals surface area contributed by atoms with Crippen LogP contribution in [0.5, 0.6) is 0 Å². The Morgan fingerprint density at radius 2 is 2.14 bits per heavy atom. The van der Waals surface area contributed by atoms with Crippen molar-refractivity contribution >= 4 is 12.1 Å². The van der Waals surface area contributed by atoms with E-state index in [1.807, 2.05) is 30.3 Å². The standard InChI is InChI=1S/C15H17NO5/c17-13(18)15-6-7-20-12(15)8-16(10-15)14(19)21-9-11-4-2-1-3-5-11/h1-5,12H,6-10H2,(H,17,18). The molecule has 0 aromatic heterocycles. The van der Waals surface area contributed by atoms with Crippen LogP contribution >= 0.6 is 0 Å². The number of nitrogens with zero attached hydrogens (tertiary/aromatic N) is 1. The number of aliphatic carboxylic acids is 1. The van der Waals surface area contributed by atoms with Crippen molar-refractivity contribution < 1.29 is 24.2 Å². The Morgan fingerprint density at radius 3 is 2.81 bits per heavy atom. The molecule has 6 heteroatoms. The Morgan fingerprint density at radius 1 is 1.38 bits per heavy atom. The van der Waals surface area contributed by atoms with Gasteiger partial charge in [-0.05, 0) is 12.0 Å². The molecule has 2 unspecified atom stereocenters. The van der Waals surface area contributed by atoms with E-state index in [1.54, 1.807) is 0 Å². The third-order valence-electron chi connectivity index (χ3n) is 4.23. The van der Waals surface area contributed by atoms with E-state index in [4.69, 9.17) is 9.47 Å². The number of fused-ring (bicyclic) bond motifs is 1. The van der Waals surface area contributed by atoms with Crippen molar-refractivity contribution in [3.63, 3.8) is 0 Å². The molecule has 1 N–H and O–H groups in total. The van der Waals surface area contributed by atoms with E-state index in [1.165, 1.54) is 4.90 Å². The van der Waals surface area contributed by atoms with Gasteiger partial charge in [0.2, 0.25) is 0 Å². The first-order valence-electron chi connectivity index (χ1n) is 6.92. The predicted molar refractivity (Wildman–Crippen MR) is 72.6 cm³/mol. The molecule has 2 fully saturated rings. The predicted octanol–water partition coefficient (Wildman–Crippen LogP) is 1.50. The lowest BCUT2D eigenvalue weighted by atomic mass is 9.84. The van der Waals surface area contributed by atoms with Gasteiger partial charge < -0.3 is 19.5 Å². The van der Waals surface area contributed by atoms with E-state index in [9.17, 15) is 14.7 Å². The highest BCUT2D eigenvalue weighted by Gasteiger charge is 2.57. The normalized spacial score (nSPS) is 27.4. The van der Waals surface area contributed by atoms with Gasteiger partial charge in [0.1, 0.15) is 12.0 Å². The molecule has 2 atom stereocenters. The van der Waals surface area contributed by atoms with Crippen LogP contribution in [0, 0.1) is 5.41 Å². The van der Waals surface area contributed by atoms with Gasteiger partial charge in [0, 0.05) is 13.2 Å². The smallest absolute Gasteiger partial charge is 0.410 e. The molecule has 2 saturated heterocycles. The van der Waals surface area contributed by atoms with Gasteiger partial charge in [-0.3, -0.25) is 4.79 Å². The maximum atomic E-state index is 12.1. The average molecular weight is 291 g/mol. The van der Waals surface area contributed by atoms with Crippen LogP contribution in [0.3, 0.4) is 0 Å². The molecule has 2 aliphatic heterocycles. The second-order valence-electron chi connectivity index (χ2n) is 5.49. The third-order valence-corrected chi connectivity index (χ3v) is 4.23. The monoisotopic (exact) mass is 291 g/mol. The van der Waals surface area contributed by atoms with E-state index in [2.05, 4.69) is 0 Å². The first-order valence-corrected chi connectivity index (χ1v) is 6.92. The van der Waals surface area contributed by atoms with Gasteiger partial charge in [-0.2, -0.15) is 0 Å². The number of rotatable bonds is 3. The van der Waals surface area contributed by atoms with Gasteiger partial charge in [-0.25, -0.2) is 4.79 Å². The quantitative estimate of drug-likeness (QED) is 0.913. The lowest BCUT2D eigenvalue weighted by molar-refractivity contribution is -0.149. The Hall–Kier alpha value is -2.08. The van der Waals surface area contributed by atoms with Crippen molar-refractivity contribution in [2.45, 2.75) is 19.1 Å². The zero-order chi connectivity index (χ0) is 14.9. The summed E-state index contributed by atoms with van der Waals surface area (Å²) in [6.07, 6.45) is -0.480. The molecule has 1 aromatic carbocycles. The number of carboxylic acid groups (broad SMARTS) is 1. The van der Waals surface area contributed by atoms with Crippen LogP contribution in [0.25, 0.3) is 0 Å². The molecule has 1 aromatic rings. The van der Waals surface area contributed by atoms with Crippen molar-refractivity contribution in [2.75, 3.05) is 19.7 Å². The maximum absolute atomic E-state index is 12.1. The van der Waals surface area contributed by atoms with Crippen molar-refractivity contribution in [3.8, 4) is 0 Å². The van der Waals surface area contributed by atoms with Crippen LogP contribution in [-0.2, 0) is 20.9 Å². The Kier molecular flexibility index (Phi) is 3.55. The molecule has 112 valence electrons. The van der Waals surface area contributed by atoms with E-state index >= 15 is 0 Å². The number of hydrogen-bond acceptors (Lipinski definition) is 4. The molecule has 0 radical (unpaired) electrons. The summed E-state index contributed by atoms with van der Waals surface area (Å²) in [6, 6.07) is 9.37. The van der Waals surface area contributed by atoms with Gasteiger partial charge in [0.25, 0.3) is 0 Å². The molecular weight excluding hydrogens is 274 g/mol. The van der Waals surface area contributed by atoms with Crippen molar-refractivity contribution in [1.82, 2.24) is 4.90 Å². The van der Waals surface area contributed by atoms with Crippen LogP contribution in [0.1, 0.15) is 12.0 Å². The van der Waals surface area contributed by atoms with Crippen LogP contribution in [0.15, 0.2) is 30.3 Å². The number of carbonyl (C=O) groups is 2. The molecule has 2 heterocycles. The molecule has 0 saturated carbocycles. The summed E-state index contributed by atoms with van der Waals surface area (Å²) < 4.78 is 10.7. The van der Waals surface area contributed by atoms with Crippen LogP contribution < -0.4 is 0 Å². The van der Waals surface area contributed by atoms with E-state index in [-0.39, 0.29) is 19.7 Å². The fourth-order valence-corrected chi connectivity index (χ4v) is 2.98. The second kappa shape index (κ2) is 5.37. The lowest BCUT2D eigenvalue weighted by Gasteiger charge is -2.21. The van der Waals surface area contributed by atoms with Crippen LogP contribution in [-0.4, -0.2) is 47.9 Å². The summed E-state index contributed by atoms with van der Waals surface area (Å²) in [5, 5.41) is 9.42. The highest BCUT2D eigenvalue weighted by Crippen LogP contribution is 2.41. The summed E-state index contributed by atoms with van der Waals surface area (Å²) >= 11 is 0. The van der Waals surface area contributed by atoms with Gasteiger partial charge in [0.15, 0.2) is 0 Å². The number of hydrogen-bond donors (Lipinski definition) is 1. The van der Waals surface area contributed by atoms with Gasteiger partial charge >= 0.3 is 12.1 Å².